The normalized spacial score (nSPS) is 11.4. The maximum absolute atomic E-state index is 12.7. The second kappa shape index (κ2) is 8.59. The molecule has 0 aliphatic rings. The van der Waals surface area contributed by atoms with E-state index in [1.54, 1.807) is 19.2 Å². The van der Waals surface area contributed by atoms with Crippen molar-refractivity contribution >= 4 is 33.2 Å². The smallest absolute Gasteiger partial charge is 0.279 e. The van der Waals surface area contributed by atoms with Crippen LogP contribution in [0.3, 0.4) is 0 Å². The molecule has 4 rings (SSSR count). The van der Waals surface area contributed by atoms with Crippen LogP contribution in [-0.2, 0) is 0 Å². The predicted octanol–water partition coefficient (Wildman–Crippen LogP) is 5.72. The minimum atomic E-state index is -0.279. The molecule has 0 bridgehead atoms. The lowest BCUT2D eigenvalue weighted by molar-refractivity contribution is 0.0998. The Morgan fingerprint density at radius 2 is 1.66 bits per heavy atom. The van der Waals surface area contributed by atoms with Gasteiger partial charge in [-0.1, -0.05) is 58.4 Å². The number of carbonyl (C=O) groups is 1. The monoisotopic (exact) mass is 464 g/mol. The van der Waals surface area contributed by atoms with Crippen molar-refractivity contribution in [3.8, 4) is 22.7 Å². The predicted molar refractivity (Wildman–Crippen MR) is 120 cm³/mol. The molecule has 0 aliphatic heterocycles. The number of aromatic nitrogens is 1. The third-order valence-electron chi connectivity index (χ3n) is 4.39. The van der Waals surface area contributed by atoms with Gasteiger partial charge in [0.05, 0.1) is 18.5 Å². The fourth-order valence-electron chi connectivity index (χ4n) is 2.99. The molecule has 1 amide bonds. The fourth-order valence-corrected chi connectivity index (χ4v) is 4.15. The summed E-state index contributed by atoms with van der Waals surface area (Å²) >= 11 is 4.90. The van der Waals surface area contributed by atoms with Gasteiger partial charge < -0.3 is 4.74 Å². The zero-order valence-electron chi connectivity index (χ0n) is 15.6. The molecule has 0 N–H and O–H groups in total. The zero-order valence-corrected chi connectivity index (χ0v) is 18.0. The summed E-state index contributed by atoms with van der Waals surface area (Å²) in [5.41, 5.74) is 3.34. The average Bonchev–Trinajstić information content (AvgIpc) is 3.18. The van der Waals surface area contributed by atoms with Crippen molar-refractivity contribution in [1.82, 2.24) is 4.57 Å². The van der Waals surface area contributed by atoms with Gasteiger partial charge in [-0.25, -0.2) is 0 Å². The van der Waals surface area contributed by atoms with Crippen molar-refractivity contribution in [3.63, 3.8) is 0 Å². The summed E-state index contributed by atoms with van der Waals surface area (Å²) in [4.78, 5) is 17.7. The van der Waals surface area contributed by atoms with E-state index in [0.717, 1.165) is 21.4 Å². The van der Waals surface area contributed by atoms with Gasteiger partial charge in [-0.2, -0.15) is 4.99 Å². The lowest BCUT2D eigenvalue weighted by Gasteiger charge is -2.13. The molecule has 0 aliphatic carbocycles. The van der Waals surface area contributed by atoms with Crippen molar-refractivity contribution in [2.75, 3.05) is 7.11 Å². The summed E-state index contributed by atoms with van der Waals surface area (Å²) in [5, 5.41) is 2.01. The summed E-state index contributed by atoms with van der Waals surface area (Å²) in [7, 11) is 1.64. The van der Waals surface area contributed by atoms with Gasteiger partial charge >= 0.3 is 0 Å². The van der Waals surface area contributed by atoms with Gasteiger partial charge in [0.25, 0.3) is 5.91 Å². The van der Waals surface area contributed by atoms with E-state index in [4.69, 9.17) is 4.74 Å². The lowest BCUT2D eigenvalue weighted by atomic mass is 10.1. The van der Waals surface area contributed by atoms with Gasteiger partial charge in [0, 0.05) is 15.4 Å². The number of benzene rings is 3. The van der Waals surface area contributed by atoms with Gasteiger partial charge in [-0.3, -0.25) is 9.36 Å². The molecule has 0 unspecified atom stereocenters. The van der Waals surface area contributed by atoms with E-state index in [1.807, 2.05) is 76.7 Å². The molecule has 6 heteroatoms. The van der Waals surface area contributed by atoms with Gasteiger partial charge in [0.15, 0.2) is 4.80 Å². The number of carbonyl (C=O) groups excluding carboxylic acids is 1. The van der Waals surface area contributed by atoms with Crippen molar-refractivity contribution in [2.45, 2.75) is 0 Å². The van der Waals surface area contributed by atoms with Crippen LogP contribution in [0.1, 0.15) is 10.4 Å². The first-order valence-electron chi connectivity index (χ1n) is 8.91. The SMILES string of the molecule is COc1ccccc1-n1c(-c2ccc(Br)cc2)csc1=NC(=O)c1ccccc1. The number of rotatable bonds is 4. The standard InChI is InChI=1S/C23H17BrN2O2S/c1-28-21-10-6-5-9-19(21)26-20(16-11-13-18(24)14-12-16)15-29-23(26)25-22(27)17-7-3-2-4-8-17/h2-15H,1H3. The highest BCUT2D eigenvalue weighted by molar-refractivity contribution is 9.10. The maximum Gasteiger partial charge on any atom is 0.279 e. The number of thiazole rings is 1. The highest BCUT2D eigenvalue weighted by Crippen LogP contribution is 2.29. The van der Waals surface area contributed by atoms with Crippen LogP contribution in [0.25, 0.3) is 16.9 Å². The van der Waals surface area contributed by atoms with E-state index in [1.165, 1.54) is 11.3 Å². The van der Waals surface area contributed by atoms with Crippen LogP contribution in [0, 0.1) is 0 Å². The quantitative estimate of drug-likeness (QED) is 0.387. The van der Waals surface area contributed by atoms with Crippen molar-refractivity contribution in [2.24, 2.45) is 4.99 Å². The van der Waals surface area contributed by atoms with Crippen molar-refractivity contribution in [1.29, 1.82) is 0 Å². The minimum absolute atomic E-state index is 0.279. The Balaban J connectivity index is 1.94. The first kappa shape index (κ1) is 19.4. The molecule has 0 atom stereocenters. The third kappa shape index (κ3) is 4.09. The molecule has 0 spiro atoms. The van der Waals surface area contributed by atoms with Crippen molar-refractivity contribution in [3.05, 3.63) is 99.1 Å². The molecular weight excluding hydrogens is 448 g/mol. The Kier molecular flexibility index (Phi) is 5.74. The number of hydrogen-bond acceptors (Lipinski definition) is 3. The number of methoxy groups -OCH3 is 1. The van der Waals surface area contributed by atoms with E-state index >= 15 is 0 Å². The second-order valence-corrected chi connectivity index (χ2v) is 7.95. The Bertz CT molecular complexity index is 1210. The first-order chi connectivity index (χ1) is 14.2. The van der Waals surface area contributed by atoms with Crippen LogP contribution in [0.4, 0.5) is 0 Å². The topological polar surface area (TPSA) is 43.6 Å². The highest BCUT2D eigenvalue weighted by atomic mass is 79.9. The molecule has 29 heavy (non-hydrogen) atoms. The molecule has 0 saturated carbocycles. The number of hydrogen-bond donors (Lipinski definition) is 0. The van der Waals surface area contributed by atoms with E-state index < -0.39 is 0 Å². The summed E-state index contributed by atoms with van der Waals surface area (Å²) in [5.74, 6) is 0.427. The Morgan fingerprint density at radius 3 is 2.38 bits per heavy atom. The Morgan fingerprint density at radius 1 is 0.966 bits per heavy atom. The van der Waals surface area contributed by atoms with Crippen LogP contribution in [-0.4, -0.2) is 17.6 Å². The molecule has 4 aromatic rings. The number of ether oxygens (including phenoxy) is 1. The second-order valence-electron chi connectivity index (χ2n) is 6.20. The molecule has 4 nitrogen and oxygen atoms in total. The summed E-state index contributed by atoms with van der Waals surface area (Å²) < 4.78 is 8.54. The van der Waals surface area contributed by atoms with Crippen LogP contribution in [0.15, 0.2) is 93.7 Å². The van der Waals surface area contributed by atoms with E-state index in [9.17, 15) is 4.79 Å². The third-order valence-corrected chi connectivity index (χ3v) is 5.75. The minimum Gasteiger partial charge on any atom is -0.495 e. The zero-order chi connectivity index (χ0) is 20.2. The summed E-state index contributed by atoms with van der Waals surface area (Å²) in [6, 6.07) is 24.8. The number of para-hydroxylation sites is 2. The molecule has 144 valence electrons. The number of nitrogens with zero attached hydrogens (tertiary/aromatic N) is 2. The molecule has 0 saturated heterocycles. The average molecular weight is 465 g/mol. The highest BCUT2D eigenvalue weighted by Gasteiger charge is 2.15. The molecule has 1 heterocycles. The summed E-state index contributed by atoms with van der Waals surface area (Å²) in [6.45, 7) is 0. The number of halogens is 1. The van der Waals surface area contributed by atoms with Gasteiger partial charge in [0.2, 0.25) is 0 Å². The molecule has 0 radical (unpaired) electrons. The Labute approximate surface area is 180 Å². The lowest BCUT2D eigenvalue weighted by Crippen LogP contribution is -2.17. The Hall–Kier alpha value is -2.96. The van der Waals surface area contributed by atoms with E-state index in [2.05, 4.69) is 20.9 Å². The van der Waals surface area contributed by atoms with E-state index in [-0.39, 0.29) is 5.91 Å². The molecular formula is C23H17BrN2O2S. The number of amides is 1. The fraction of sp³-hybridized carbons (Fsp3) is 0.0435. The van der Waals surface area contributed by atoms with Crippen molar-refractivity contribution < 1.29 is 9.53 Å². The van der Waals surface area contributed by atoms with Gasteiger partial charge in [0.1, 0.15) is 5.75 Å². The molecule has 0 fully saturated rings. The molecule has 1 aromatic heterocycles. The van der Waals surface area contributed by atoms with E-state index in [0.29, 0.717) is 16.1 Å². The van der Waals surface area contributed by atoms with Crippen LogP contribution in [0.5, 0.6) is 5.75 Å². The van der Waals surface area contributed by atoms with Crippen LogP contribution < -0.4 is 9.54 Å². The largest absolute Gasteiger partial charge is 0.495 e. The maximum atomic E-state index is 12.7. The van der Waals surface area contributed by atoms with Crippen LogP contribution in [0.2, 0.25) is 0 Å². The van der Waals surface area contributed by atoms with Gasteiger partial charge in [-0.15, -0.1) is 11.3 Å². The first-order valence-corrected chi connectivity index (χ1v) is 10.6. The van der Waals surface area contributed by atoms with Gasteiger partial charge in [-0.05, 0) is 42.0 Å². The summed E-state index contributed by atoms with van der Waals surface area (Å²) in [6.07, 6.45) is 0. The van der Waals surface area contributed by atoms with Crippen LogP contribution >= 0.6 is 27.3 Å². The molecule has 3 aromatic carbocycles.